The number of rotatable bonds is 6. The number of hydrogen-bond acceptors (Lipinski definition) is 6. The molecule has 8 rings (SSSR count). The van der Waals surface area contributed by atoms with Gasteiger partial charge in [-0.15, -0.1) is 19.3 Å². The Kier molecular flexibility index (Phi) is 20.6. The van der Waals surface area contributed by atoms with E-state index in [4.69, 9.17) is 34.9 Å². The van der Waals surface area contributed by atoms with Gasteiger partial charge in [0, 0.05) is 66.8 Å². The van der Waals surface area contributed by atoms with Crippen molar-refractivity contribution in [1.82, 2.24) is 0 Å². The molecular formula is C70H45FO6. The topological polar surface area (TPSA) is 88.4 Å². The molecular weight excluding hydrogens is 956 g/mol. The molecule has 0 amide bonds. The summed E-state index contributed by atoms with van der Waals surface area (Å²) in [4.78, 5) is 0. The lowest BCUT2D eigenvalue weighted by Gasteiger charge is -2.01. The van der Waals surface area contributed by atoms with Gasteiger partial charge >= 0.3 is 0 Å². The second-order valence-corrected chi connectivity index (χ2v) is 15.8. The van der Waals surface area contributed by atoms with Crippen molar-refractivity contribution >= 4 is 0 Å². The van der Waals surface area contributed by atoms with Crippen LogP contribution >= 0.6 is 0 Å². The van der Waals surface area contributed by atoms with Crippen LogP contribution < -0.4 is 14.2 Å². The summed E-state index contributed by atoms with van der Waals surface area (Å²) in [7, 11) is -1.00. The van der Waals surface area contributed by atoms with Crippen molar-refractivity contribution < 1.29 is 35.3 Å². The predicted molar refractivity (Wildman–Crippen MR) is 302 cm³/mol. The first kappa shape index (κ1) is 53.3. The summed E-state index contributed by atoms with van der Waals surface area (Å²) in [6.45, 7) is 0.655. The molecule has 0 heterocycles. The quantitative estimate of drug-likeness (QED) is 0.144. The number of benzene rings is 8. The van der Waals surface area contributed by atoms with E-state index in [1.807, 2.05) is 109 Å². The first-order valence-corrected chi connectivity index (χ1v) is 23.2. The summed E-state index contributed by atoms with van der Waals surface area (Å²) in [5, 5.41) is 28.3. The molecule has 0 saturated carbocycles. The van der Waals surface area contributed by atoms with Crippen LogP contribution in [0.15, 0.2) is 182 Å². The van der Waals surface area contributed by atoms with E-state index in [1.165, 1.54) is 0 Å². The molecule has 0 aromatic heterocycles. The molecule has 7 heteroatoms. The molecule has 8 aromatic carbocycles. The monoisotopic (exact) mass is 1000 g/mol. The van der Waals surface area contributed by atoms with Gasteiger partial charge in [0.25, 0.3) is 0 Å². The van der Waals surface area contributed by atoms with Crippen LogP contribution in [0.5, 0.6) is 34.5 Å². The molecule has 8 aromatic rings. The third-order valence-corrected chi connectivity index (χ3v) is 10.1. The molecule has 0 saturated heterocycles. The molecule has 6 nitrogen and oxygen atoms in total. The number of alkyl halides is 1. The Morgan fingerprint density at radius 2 is 0.468 bits per heavy atom. The molecule has 0 radical (unpaired) electrons. The Bertz CT molecular complexity index is 3420. The van der Waals surface area contributed by atoms with Gasteiger partial charge in [-0.2, -0.15) is 0 Å². The van der Waals surface area contributed by atoms with Gasteiger partial charge in [-0.3, -0.25) is 4.39 Å². The summed E-state index contributed by atoms with van der Waals surface area (Å²) in [5.74, 6) is 48.0. The van der Waals surface area contributed by atoms with Crippen molar-refractivity contribution in [3.8, 4) is 143 Å². The van der Waals surface area contributed by atoms with Gasteiger partial charge in [0.1, 0.15) is 54.3 Å². The van der Waals surface area contributed by atoms with E-state index in [2.05, 4.69) is 88.8 Å². The maximum atomic E-state index is 9.96. The van der Waals surface area contributed by atoms with Crippen molar-refractivity contribution in [2.75, 3.05) is 27.0 Å². The second kappa shape index (κ2) is 29.8. The number of phenols is 3. The predicted octanol–water partition coefficient (Wildman–Crippen LogP) is 11.5. The SMILES string of the molecule is C#CCOc1ccc(C#Cc2cc(C#Cc3ccc(OCC#C)cc3)cc(C#Cc3ccc(OCC#C)cc3)c2)cc1.Oc1ccc(C#Cc2cc(C#Cc3ccc(O)cc3)cc(C#Cc3ccc(O)cc3)c2)cc1.[2H]CF. The van der Waals surface area contributed by atoms with Crippen LogP contribution in [-0.4, -0.2) is 42.3 Å². The number of aromatic hydroxyl groups is 3. The van der Waals surface area contributed by atoms with Crippen molar-refractivity contribution in [1.29, 1.82) is 0 Å². The summed E-state index contributed by atoms with van der Waals surface area (Å²) in [6, 6.07) is 53.9. The Hall–Kier alpha value is -11.5. The largest absolute Gasteiger partial charge is 0.508 e. The minimum atomic E-state index is -1.00. The second-order valence-electron chi connectivity index (χ2n) is 15.8. The molecule has 0 aliphatic heterocycles. The van der Waals surface area contributed by atoms with Gasteiger partial charge in [0.2, 0.25) is 0 Å². The Labute approximate surface area is 451 Å². The molecule has 368 valence electrons. The van der Waals surface area contributed by atoms with Gasteiger partial charge in [-0.25, -0.2) is 0 Å². The fraction of sp³-hybridized carbons (Fsp3) is 0.0571. The van der Waals surface area contributed by atoms with Crippen LogP contribution in [0.1, 0.15) is 68.1 Å². The van der Waals surface area contributed by atoms with Crippen LogP contribution in [0.4, 0.5) is 4.39 Å². The van der Waals surface area contributed by atoms with Crippen LogP contribution in [0.2, 0.25) is 0 Å². The molecule has 0 atom stereocenters. The minimum absolute atomic E-state index is 0.193. The summed E-state index contributed by atoms with van der Waals surface area (Å²) >= 11 is 0. The van der Waals surface area contributed by atoms with E-state index < -0.39 is 7.15 Å². The Morgan fingerprint density at radius 3 is 0.636 bits per heavy atom. The molecule has 0 bridgehead atoms. The lowest BCUT2D eigenvalue weighted by molar-refractivity contribution is 0.370. The Morgan fingerprint density at radius 1 is 0.312 bits per heavy atom. The van der Waals surface area contributed by atoms with Crippen molar-refractivity contribution in [2.24, 2.45) is 0 Å². The zero-order valence-corrected chi connectivity index (χ0v) is 41.3. The van der Waals surface area contributed by atoms with Crippen LogP contribution in [0.25, 0.3) is 0 Å². The smallest absolute Gasteiger partial charge is 0.148 e. The zero-order chi connectivity index (χ0) is 55.2. The molecule has 0 aliphatic rings. The third kappa shape index (κ3) is 19.2. The normalized spacial score (nSPS) is 9.25. The van der Waals surface area contributed by atoms with Gasteiger partial charge in [0.15, 0.2) is 0 Å². The lowest BCUT2D eigenvalue weighted by atomic mass is 10.0. The molecule has 77 heavy (non-hydrogen) atoms. The van der Waals surface area contributed by atoms with Crippen molar-refractivity contribution in [3.63, 3.8) is 0 Å². The van der Waals surface area contributed by atoms with Crippen molar-refractivity contribution in [3.05, 3.63) is 249 Å². The standard InChI is InChI=1S/C39H24O3.C30H18O3.CH3F/c1-4-25-40-37-19-13-31(14-20-37)7-10-34-28-35(11-8-32-15-21-38(22-16-32)41-26-5-2)30-36(29-34)12-9-33-17-23-39(24-18-33)42-27-6-3;31-28-13-7-22(8-14-28)1-4-25-19-26(5-2-23-9-15-29(32)16-10-23)21-27(20-25)6-3-24-11-17-30(33)18-12-24;1-2/h1-3,13-24,28-30H,25-27H2;7-21,31-33H;1H3/i;;1D. The number of halogens is 1. The fourth-order valence-corrected chi connectivity index (χ4v) is 6.47. The zero-order valence-electron chi connectivity index (χ0n) is 42.3. The molecule has 0 fully saturated rings. The molecule has 3 N–H and O–H groups in total. The van der Waals surface area contributed by atoms with Gasteiger partial charge in [0.05, 0.1) is 8.52 Å². The number of phenolic OH excluding ortho intramolecular Hbond substituents is 3. The van der Waals surface area contributed by atoms with Crippen molar-refractivity contribution in [2.45, 2.75) is 0 Å². The van der Waals surface area contributed by atoms with Crippen LogP contribution in [0.3, 0.4) is 0 Å². The summed E-state index contributed by atoms with van der Waals surface area (Å²) < 4.78 is 31.8. The average Bonchev–Trinajstić information content (AvgIpc) is 3.47. The maximum absolute atomic E-state index is 9.96. The fourth-order valence-electron chi connectivity index (χ4n) is 6.47. The molecule has 0 spiro atoms. The number of hydrogen-bond donors (Lipinski definition) is 3. The van der Waals surface area contributed by atoms with Gasteiger partial charge in [-0.05, 0) is 182 Å². The van der Waals surface area contributed by atoms with Gasteiger partial charge in [-0.1, -0.05) is 88.8 Å². The highest BCUT2D eigenvalue weighted by atomic mass is 19.1. The first-order chi connectivity index (χ1) is 38.1. The van der Waals surface area contributed by atoms with E-state index >= 15 is 0 Å². The molecule has 0 unspecified atom stereocenters. The average molecular weight is 1000 g/mol. The number of terminal acetylenes is 3. The highest BCUT2D eigenvalue weighted by Gasteiger charge is 2.02. The van der Waals surface area contributed by atoms with Crippen LogP contribution in [-0.2, 0) is 0 Å². The summed E-state index contributed by atoms with van der Waals surface area (Å²) in [6.07, 6.45) is 15.8. The maximum Gasteiger partial charge on any atom is 0.148 e. The summed E-state index contributed by atoms with van der Waals surface area (Å²) in [5.41, 5.74) is 9.51. The third-order valence-electron chi connectivity index (χ3n) is 10.1. The highest BCUT2D eigenvalue weighted by Crippen LogP contribution is 2.18. The van der Waals surface area contributed by atoms with Gasteiger partial charge < -0.3 is 29.5 Å². The first-order valence-electron chi connectivity index (χ1n) is 23.9. The van der Waals surface area contributed by atoms with E-state index in [-0.39, 0.29) is 37.1 Å². The van der Waals surface area contributed by atoms with E-state index in [1.54, 1.807) is 72.8 Å². The van der Waals surface area contributed by atoms with E-state index in [0.29, 0.717) is 17.2 Å². The van der Waals surface area contributed by atoms with E-state index in [9.17, 15) is 19.7 Å². The van der Waals surface area contributed by atoms with E-state index in [0.717, 1.165) is 66.8 Å². The lowest BCUT2D eigenvalue weighted by Crippen LogP contribution is -1.92. The van der Waals surface area contributed by atoms with Crippen LogP contribution in [0, 0.1) is 108 Å². The highest BCUT2D eigenvalue weighted by molar-refractivity contribution is 5.58. The molecule has 0 aliphatic carbocycles. The minimum Gasteiger partial charge on any atom is -0.508 e. The number of ether oxygens (including phenoxy) is 3. The Balaban J connectivity index is 0.000000246.